The van der Waals surface area contributed by atoms with Crippen molar-refractivity contribution >= 4 is 11.6 Å². The molecule has 1 aromatic carbocycles. The van der Waals surface area contributed by atoms with Crippen LogP contribution >= 0.6 is 0 Å². The highest BCUT2D eigenvalue weighted by atomic mass is 16.7. The van der Waals surface area contributed by atoms with Crippen molar-refractivity contribution in [1.82, 2.24) is 9.78 Å². The van der Waals surface area contributed by atoms with Crippen LogP contribution in [0.1, 0.15) is 26.7 Å². The summed E-state index contributed by atoms with van der Waals surface area (Å²) >= 11 is 0. The van der Waals surface area contributed by atoms with E-state index >= 15 is 0 Å². The molecule has 2 heterocycles. The number of aryl methyl sites for hydroxylation is 1. The zero-order valence-corrected chi connectivity index (χ0v) is 12.7. The van der Waals surface area contributed by atoms with Crippen LogP contribution in [0.3, 0.4) is 0 Å². The van der Waals surface area contributed by atoms with Crippen molar-refractivity contribution in [2.75, 3.05) is 5.32 Å². The molecule has 0 spiro atoms. The Bertz CT molecular complexity index is 669. The molecular weight excluding hydrogens is 282 g/mol. The Balaban J connectivity index is 1.60. The van der Waals surface area contributed by atoms with Gasteiger partial charge in [0.15, 0.2) is 11.5 Å². The summed E-state index contributed by atoms with van der Waals surface area (Å²) in [7, 11) is 0. The third-order valence-corrected chi connectivity index (χ3v) is 3.65. The Labute approximate surface area is 129 Å². The van der Waals surface area contributed by atoms with Crippen LogP contribution in [0.2, 0.25) is 0 Å². The summed E-state index contributed by atoms with van der Waals surface area (Å²) in [5, 5.41) is 6.93. The Morgan fingerprint density at radius 1 is 1.36 bits per heavy atom. The first-order valence-electron chi connectivity index (χ1n) is 7.37. The highest BCUT2D eigenvalue weighted by molar-refractivity contribution is 5.91. The number of aromatic nitrogens is 2. The summed E-state index contributed by atoms with van der Waals surface area (Å²) in [5.41, 5.74) is 0.702. The minimum absolute atomic E-state index is 0.0624. The quantitative estimate of drug-likeness (QED) is 0.922. The van der Waals surface area contributed by atoms with Crippen molar-refractivity contribution in [2.24, 2.45) is 0 Å². The number of anilines is 1. The van der Waals surface area contributed by atoms with Gasteiger partial charge in [0.05, 0.1) is 0 Å². The first kappa shape index (κ1) is 14.4. The number of carbonyl (C=O) groups is 1. The van der Waals surface area contributed by atoms with Gasteiger partial charge in [-0.2, -0.15) is 5.10 Å². The molecule has 3 rings (SSSR count). The van der Waals surface area contributed by atoms with Gasteiger partial charge in [0.25, 0.3) is 0 Å². The van der Waals surface area contributed by atoms with E-state index in [0.29, 0.717) is 30.2 Å². The van der Waals surface area contributed by atoms with Gasteiger partial charge in [0.1, 0.15) is 0 Å². The summed E-state index contributed by atoms with van der Waals surface area (Å²) in [4.78, 5) is 12.0. The topological polar surface area (TPSA) is 65.4 Å². The third kappa shape index (κ3) is 3.05. The van der Waals surface area contributed by atoms with Crippen molar-refractivity contribution in [2.45, 2.75) is 39.0 Å². The van der Waals surface area contributed by atoms with Gasteiger partial charge in [-0.1, -0.05) is 6.92 Å². The third-order valence-electron chi connectivity index (χ3n) is 3.65. The molecule has 0 bridgehead atoms. The number of amides is 1. The number of benzene rings is 1. The lowest BCUT2D eigenvalue weighted by molar-refractivity contribution is -0.116. The van der Waals surface area contributed by atoms with Gasteiger partial charge >= 0.3 is 0 Å². The van der Waals surface area contributed by atoms with Crippen molar-refractivity contribution < 1.29 is 14.3 Å². The van der Waals surface area contributed by atoms with E-state index in [9.17, 15) is 4.79 Å². The van der Waals surface area contributed by atoms with Crippen LogP contribution in [0, 0.1) is 0 Å². The van der Waals surface area contributed by atoms with Crippen LogP contribution in [0.4, 0.5) is 5.69 Å². The minimum Gasteiger partial charge on any atom is -0.449 e. The van der Waals surface area contributed by atoms with Gasteiger partial charge < -0.3 is 14.8 Å². The predicted octanol–water partition coefficient (Wildman–Crippen LogP) is 2.81. The van der Waals surface area contributed by atoms with Crippen molar-refractivity contribution in [3.05, 3.63) is 36.7 Å². The Morgan fingerprint density at radius 3 is 2.91 bits per heavy atom. The van der Waals surface area contributed by atoms with Gasteiger partial charge in [0, 0.05) is 50.5 Å². The van der Waals surface area contributed by atoms with Crippen LogP contribution in [0.25, 0.3) is 0 Å². The number of fused-ring (bicyclic) bond motifs is 1. The molecular formula is C16H19N3O3. The molecule has 1 amide bonds. The summed E-state index contributed by atoms with van der Waals surface area (Å²) in [5.74, 6) is 0.686. The molecule has 1 aromatic heterocycles. The standard InChI is InChI=1S/C16H19N3O3/c1-3-16(2)21-13-6-5-12(11-14(13)22-16)18-15(20)7-10-19-9-4-8-17-19/h4-6,8-9,11H,3,7,10H2,1-2H3,(H,18,20)/t16-/m0/s1. The van der Waals surface area contributed by atoms with E-state index in [-0.39, 0.29) is 5.91 Å². The SMILES string of the molecule is CC[C@@]1(C)Oc2ccc(NC(=O)CCn3cccn3)cc2O1. The van der Waals surface area contributed by atoms with E-state index in [1.165, 1.54) is 0 Å². The molecule has 22 heavy (non-hydrogen) atoms. The lowest BCUT2D eigenvalue weighted by atomic mass is 10.2. The van der Waals surface area contributed by atoms with Crippen LogP contribution in [0.5, 0.6) is 11.5 Å². The van der Waals surface area contributed by atoms with Crippen molar-refractivity contribution in [3.8, 4) is 11.5 Å². The number of rotatable bonds is 5. The smallest absolute Gasteiger partial charge is 0.248 e. The molecule has 1 atom stereocenters. The van der Waals surface area contributed by atoms with Gasteiger partial charge in [-0.05, 0) is 18.2 Å². The lowest BCUT2D eigenvalue weighted by Gasteiger charge is -2.20. The maximum atomic E-state index is 12.0. The highest BCUT2D eigenvalue weighted by Crippen LogP contribution is 2.41. The summed E-state index contributed by atoms with van der Waals surface area (Å²) in [6.45, 7) is 4.45. The second kappa shape index (κ2) is 5.71. The van der Waals surface area contributed by atoms with Crippen LogP contribution in [0.15, 0.2) is 36.7 Å². The van der Waals surface area contributed by atoms with Gasteiger partial charge in [-0.25, -0.2) is 0 Å². The van der Waals surface area contributed by atoms with Crippen LogP contribution in [-0.4, -0.2) is 21.5 Å². The molecule has 2 aromatic rings. The minimum atomic E-state index is -0.620. The molecule has 0 unspecified atom stereocenters. The van der Waals surface area contributed by atoms with E-state index < -0.39 is 5.79 Å². The molecule has 0 saturated carbocycles. The maximum absolute atomic E-state index is 12.0. The number of ether oxygens (including phenoxy) is 2. The fourth-order valence-corrected chi connectivity index (χ4v) is 2.25. The molecule has 1 aliphatic rings. The Kier molecular flexibility index (Phi) is 3.75. The Morgan fingerprint density at radius 2 is 2.18 bits per heavy atom. The zero-order chi connectivity index (χ0) is 15.6. The van der Waals surface area contributed by atoms with E-state index in [0.717, 1.165) is 6.42 Å². The average Bonchev–Trinajstić information content (AvgIpc) is 3.12. The maximum Gasteiger partial charge on any atom is 0.248 e. The molecule has 0 fully saturated rings. The van der Waals surface area contributed by atoms with Gasteiger partial charge in [0.2, 0.25) is 11.7 Å². The lowest BCUT2D eigenvalue weighted by Crippen LogP contribution is -2.33. The molecule has 6 nitrogen and oxygen atoms in total. The summed E-state index contributed by atoms with van der Waals surface area (Å²) in [6, 6.07) is 7.26. The normalized spacial score (nSPS) is 19.2. The van der Waals surface area contributed by atoms with E-state index in [1.54, 1.807) is 16.9 Å². The van der Waals surface area contributed by atoms with Gasteiger partial charge in [-0.15, -0.1) is 0 Å². The molecule has 0 aliphatic carbocycles. The number of hydrogen-bond donors (Lipinski definition) is 1. The monoisotopic (exact) mass is 301 g/mol. The largest absolute Gasteiger partial charge is 0.449 e. The van der Waals surface area contributed by atoms with E-state index in [4.69, 9.17) is 9.47 Å². The first-order chi connectivity index (χ1) is 10.6. The number of nitrogens with zero attached hydrogens (tertiary/aromatic N) is 2. The van der Waals surface area contributed by atoms with Crippen LogP contribution in [-0.2, 0) is 11.3 Å². The van der Waals surface area contributed by atoms with Crippen molar-refractivity contribution in [1.29, 1.82) is 0 Å². The fourth-order valence-electron chi connectivity index (χ4n) is 2.25. The molecule has 6 heteroatoms. The van der Waals surface area contributed by atoms with Crippen LogP contribution < -0.4 is 14.8 Å². The van der Waals surface area contributed by atoms with Gasteiger partial charge in [-0.3, -0.25) is 9.48 Å². The zero-order valence-electron chi connectivity index (χ0n) is 12.7. The molecule has 1 aliphatic heterocycles. The Hall–Kier alpha value is -2.50. The predicted molar refractivity (Wildman–Crippen MR) is 81.9 cm³/mol. The number of nitrogens with one attached hydrogen (secondary N) is 1. The number of hydrogen-bond acceptors (Lipinski definition) is 4. The molecule has 0 saturated heterocycles. The second-order valence-corrected chi connectivity index (χ2v) is 5.42. The number of carbonyl (C=O) groups excluding carboxylic acids is 1. The second-order valence-electron chi connectivity index (χ2n) is 5.42. The summed E-state index contributed by atoms with van der Waals surface area (Å²) < 4.78 is 13.3. The molecule has 1 N–H and O–H groups in total. The van der Waals surface area contributed by atoms with E-state index in [2.05, 4.69) is 10.4 Å². The average molecular weight is 301 g/mol. The van der Waals surface area contributed by atoms with E-state index in [1.807, 2.05) is 38.2 Å². The fraction of sp³-hybridized carbons (Fsp3) is 0.375. The highest BCUT2D eigenvalue weighted by Gasteiger charge is 2.34. The molecule has 116 valence electrons. The van der Waals surface area contributed by atoms with Crippen molar-refractivity contribution in [3.63, 3.8) is 0 Å². The first-order valence-corrected chi connectivity index (χ1v) is 7.37. The molecule has 0 radical (unpaired) electrons. The summed E-state index contributed by atoms with van der Waals surface area (Å²) in [6.07, 6.45) is 4.63.